The van der Waals surface area contributed by atoms with E-state index in [4.69, 9.17) is 15.7 Å². The minimum absolute atomic E-state index is 0.0851. The topological polar surface area (TPSA) is 19.6 Å². The number of hydrogen-bond donors (Lipinski definition) is 0. The van der Waals surface area contributed by atoms with Gasteiger partial charge in [0.2, 0.25) is 5.69 Å². The highest BCUT2D eigenvalue weighted by Crippen LogP contribution is 2.68. The number of fused-ring (bicyclic) bond motifs is 5. The van der Waals surface area contributed by atoms with Crippen LogP contribution in [0.5, 0.6) is 5.75 Å². The highest BCUT2D eigenvalue weighted by atomic mass is 16.5. The van der Waals surface area contributed by atoms with Crippen LogP contribution in [0, 0.1) is 13.7 Å². The molecule has 2 unspecified atom stereocenters. The van der Waals surface area contributed by atoms with Crippen LogP contribution in [0.2, 0.25) is 0 Å². The molecule has 0 saturated carbocycles. The van der Waals surface area contributed by atoms with Crippen LogP contribution in [0.1, 0.15) is 164 Å². The van der Waals surface area contributed by atoms with Crippen molar-refractivity contribution in [2.45, 2.75) is 130 Å². The van der Waals surface area contributed by atoms with E-state index in [0.29, 0.717) is 39.2 Å². The second kappa shape index (κ2) is 15.1. The van der Waals surface area contributed by atoms with Gasteiger partial charge in [-0.1, -0.05) is 185 Å². The third kappa shape index (κ3) is 6.66. The maximum Gasteiger partial charge on any atom is 0.432 e. The molecule has 0 bridgehead atoms. The maximum atomic E-state index is 9.59. The van der Waals surface area contributed by atoms with Gasteiger partial charge in [-0.05, 0) is 127 Å². The molecule has 5 heterocycles. The molecule has 1 aromatic heterocycles. The van der Waals surface area contributed by atoms with E-state index >= 15 is 0 Å². The minimum atomic E-state index is -3.95. The molecular formula is C67H68N3O+. The second-order valence-corrected chi connectivity index (χ2v) is 22.0. The Labute approximate surface area is 453 Å². The van der Waals surface area contributed by atoms with Gasteiger partial charge in [0.15, 0.2) is 6.20 Å². The molecule has 4 aliphatic heterocycles. The Balaban J connectivity index is 1.28. The van der Waals surface area contributed by atoms with Crippen molar-refractivity contribution in [3.8, 4) is 61.5 Å². The molecule has 0 N–H and O–H groups in total. The van der Waals surface area contributed by atoms with Crippen molar-refractivity contribution in [1.29, 1.82) is 0 Å². The lowest BCUT2D eigenvalue weighted by molar-refractivity contribution is -0.774. The van der Waals surface area contributed by atoms with Gasteiger partial charge in [-0.3, -0.25) is 0 Å². The van der Waals surface area contributed by atoms with Gasteiger partial charge < -0.3 is 9.64 Å². The Morgan fingerprint density at radius 3 is 2.01 bits per heavy atom. The van der Waals surface area contributed by atoms with E-state index in [-0.39, 0.29) is 39.2 Å². The lowest BCUT2D eigenvalue weighted by Crippen LogP contribution is -2.71. The molecule has 0 saturated heterocycles. The third-order valence-corrected chi connectivity index (χ3v) is 14.7. The molecule has 4 heteroatoms. The molecule has 1 spiro atoms. The quantitative estimate of drug-likeness (QED) is 0.164. The van der Waals surface area contributed by atoms with E-state index in [1.807, 2.05) is 98.5 Å². The number of hydrogen-bond acceptors (Lipinski definition) is 3. The first-order valence-corrected chi connectivity index (χ1v) is 24.0. The number of aryl methyl sites for hydroxylation is 1. The first-order valence-electron chi connectivity index (χ1n) is 35.0. The summed E-state index contributed by atoms with van der Waals surface area (Å²) >= 11 is 0. The van der Waals surface area contributed by atoms with Crippen LogP contribution >= 0.6 is 0 Å². The zero-order chi connectivity index (χ0) is 68.4. The Kier molecular flexibility index (Phi) is 5.74. The van der Waals surface area contributed by atoms with Crippen molar-refractivity contribution in [2.75, 3.05) is 9.80 Å². The van der Waals surface area contributed by atoms with E-state index in [1.165, 1.54) is 32.2 Å². The molecule has 4 aliphatic rings. The van der Waals surface area contributed by atoms with E-state index in [0.717, 1.165) is 33.9 Å². The molecule has 7 aromatic carbocycles. The van der Waals surface area contributed by atoms with Gasteiger partial charge in [-0.2, -0.15) is 0 Å². The highest BCUT2D eigenvalue weighted by molar-refractivity contribution is 6.02. The predicted octanol–water partition coefficient (Wildman–Crippen LogP) is 17.2. The minimum Gasteiger partial charge on any atom is -0.410 e. The average Bonchev–Trinajstić information content (AvgIpc) is 1.51. The van der Waals surface area contributed by atoms with Crippen LogP contribution in [-0.2, 0) is 27.5 Å². The standard InChI is InChI=1S/C67H68N3O/c1-40-26-28-42(29-27-40)44-32-33-68-57(35-44)51-37-46(63(3,4)5)36-50-49-23-19-25-56-60(49)70-62(52-38-47(64(6,7)8)39-54(66(12,13)14)61(52)71-67(68,70)59(50)51)69(56)55-31-30-45(34-41(55)2)58-48(43-20-16-15-17-21-43)22-18-24-53(58)65(9,10)11/h15-39,62H,1-14H3/q+1/i1D3,2D3,6D3,12D3,13D3,14D3,26D,27D,28D,29D. The number of rotatable bonds is 4. The fourth-order valence-electron chi connectivity index (χ4n) is 11.3. The van der Waals surface area contributed by atoms with Crippen molar-refractivity contribution in [3.05, 3.63) is 196 Å². The molecule has 71 heavy (non-hydrogen) atoms. The number of anilines is 3. The van der Waals surface area contributed by atoms with E-state index in [1.54, 1.807) is 39.8 Å². The summed E-state index contributed by atoms with van der Waals surface area (Å²) in [6, 6.07) is 32.8. The largest absolute Gasteiger partial charge is 0.432 e. The summed E-state index contributed by atoms with van der Waals surface area (Å²) < 4.78 is 210. The molecule has 4 nitrogen and oxygen atoms in total. The number of para-hydroxylation sites is 1. The van der Waals surface area contributed by atoms with Crippen molar-refractivity contribution in [1.82, 2.24) is 0 Å². The second-order valence-electron chi connectivity index (χ2n) is 22.0. The lowest BCUT2D eigenvalue weighted by atomic mass is 9.77. The normalized spacial score (nSPS) is 23.0. The fourth-order valence-corrected chi connectivity index (χ4v) is 11.3. The fraction of sp³-hybridized carbons (Fsp3) is 0.299. The van der Waals surface area contributed by atoms with Gasteiger partial charge >= 0.3 is 5.85 Å². The summed E-state index contributed by atoms with van der Waals surface area (Å²) in [7, 11) is 0. The van der Waals surface area contributed by atoms with Crippen LogP contribution in [0.3, 0.4) is 0 Å². The summed E-state index contributed by atoms with van der Waals surface area (Å²) in [5.74, 6) is -2.79. The lowest BCUT2D eigenvalue weighted by Gasteiger charge is -2.49. The monoisotopic (exact) mass is 953 g/mol. The zero-order valence-electron chi connectivity index (χ0n) is 63.0. The maximum absolute atomic E-state index is 9.59. The van der Waals surface area contributed by atoms with Crippen LogP contribution in [0.4, 0.5) is 17.1 Å². The molecule has 0 amide bonds. The van der Waals surface area contributed by atoms with Gasteiger partial charge in [-0.15, -0.1) is 4.57 Å². The number of benzene rings is 7. The van der Waals surface area contributed by atoms with Crippen molar-refractivity contribution in [2.24, 2.45) is 0 Å². The van der Waals surface area contributed by atoms with Crippen molar-refractivity contribution < 1.29 is 39.5 Å². The summed E-state index contributed by atoms with van der Waals surface area (Å²) in [5, 5.41) is 0. The SMILES string of the molecule is [2H]c1c([2H])c(C([2H])([2H])[2H])c([2H])c([2H])c1-c1cc[n+]2c(c1)-c1cc(C(C)(C)C)cc3c1C21Oc2c(cc(C(C)(C)C([2H])([2H])[2H])cc2C(C([2H])([2H])[2H])(C([2H])([2H])[2H])C([2H])([2H])[2H])C2N(c4ccc(-c5c(-c6ccccc6)cccc5C(C)(C)C)cc4C([2H])([2H])[2H])c4cccc-3c4N21. The van der Waals surface area contributed by atoms with Crippen LogP contribution in [-0.4, -0.2) is 0 Å². The Morgan fingerprint density at radius 1 is 0.563 bits per heavy atom. The summed E-state index contributed by atoms with van der Waals surface area (Å²) in [4.78, 5) is 3.58. The predicted molar refractivity (Wildman–Crippen MR) is 296 cm³/mol. The molecule has 2 atom stereocenters. The molecular weight excluding hydrogens is 863 g/mol. The number of ether oxygens (including phenoxy) is 1. The van der Waals surface area contributed by atoms with Gasteiger partial charge in [-0.25, -0.2) is 4.90 Å². The molecule has 12 rings (SSSR count). The number of pyridine rings is 1. The first kappa shape index (κ1) is 27.1. The number of nitrogens with zero attached hydrogens (tertiary/aromatic N) is 3. The van der Waals surface area contributed by atoms with Crippen molar-refractivity contribution in [3.63, 3.8) is 0 Å². The van der Waals surface area contributed by atoms with Crippen LogP contribution < -0.4 is 19.1 Å². The molecule has 0 aliphatic carbocycles. The Hall–Kier alpha value is -6.91. The molecule has 356 valence electrons. The van der Waals surface area contributed by atoms with E-state index in [2.05, 4.69) is 20.8 Å². The Bertz CT molecular complexity index is 4400. The van der Waals surface area contributed by atoms with Gasteiger partial charge in [0, 0.05) is 64.7 Å². The third-order valence-electron chi connectivity index (χ3n) is 14.7. The highest BCUT2D eigenvalue weighted by Gasteiger charge is 2.70. The van der Waals surface area contributed by atoms with Crippen molar-refractivity contribution >= 4 is 17.1 Å². The number of aromatic nitrogens is 1. The van der Waals surface area contributed by atoms with Gasteiger partial charge in [0.1, 0.15) is 17.5 Å². The summed E-state index contributed by atoms with van der Waals surface area (Å²) in [6.45, 7) is -5.85. The molecule has 0 radical (unpaired) electrons. The Morgan fingerprint density at radius 2 is 1.30 bits per heavy atom. The van der Waals surface area contributed by atoms with E-state index in [9.17, 15) is 19.2 Å². The average molecular weight is 953 g/mol. The molecule has 0 fully saturated rings. The smallest absolute Gasteiger partial charge is 0.410 e. The summed E-state index contributed by atoms with van der Waals surface area (Å²) in [6.07, 6.45) is 0.0148. The van der Waals surface area contributed by atoms with Gasteiger partial charge in [0.25, 0.3) is 0 Å². The van der Waals surface area contributed by atoms with Gasteiger partial charge in [0.05, 0.1) is 22.4 Å². The van der Waals surface area contributed by atoms with Crippen LogP contribution in [0.25, 0.3) is 55.8 Å². The first-order chi connectivity index (χ1) is 42.7. The van der Waals surface area contributed by atoms with E-state index < -0.39 is 116 Å². The summed E-state index contributed by atoms with van der Waals surface area (Å²) in [5.41, 5.74) is -1.51. The van der Waals surface area contributed by atoms with Crippen LogP contribution in [0.15, 0.2) is 152 Å². The zero-order valence-corrected chi connectivity index (χ0v) is 41.0. The molecule has 8 aromatic rings.